The van der Waals surface area contributed by atoms with E-state index in [1.165, 1.54) is 11.1 Å². The molecule has 1 aromatic rings. The second kappa shape index (κ2) is 6.58. The van der Waals surface area contributed by atoms with Crippen LogP contribution in [0.5, 0.6) is 0 Å². The number of rotatable bonds is 6. The molecule has 0 spiro atoms. The summed E-state index contributed by atoms with van der Waals surface area (Å²) in [5.41, 5.74) is 3.58. The maximum absolute atomic E-state index is 12.1. The second-order valence-corrected chi connectivity index (χ2v) is 4.83. The van der Waals surface area contributed by atoms with Gasteiger partial charge >= 0.3 is 0 Å². The molecule has 0 aliphatic heterocycles. The lowest BCUT2D eigenvalue weighted by Crippen LogP contribution is -2.06. The van der Waals surface area contributed by atoms with Gasteiger partial charge in [-0.15, -0.1) is 0 Å². The minimum Gasteiger partial charge on any atom is -0.294 e. The van der Waals surface area contributed by atoms with Gasteiger partial charge in [-0.1, -0.05) is 46.2 Å². The molecule has 17 heavy (non-hydrogen) atoms. The maximum Gasteiger partial charge on any atom is 0.163 e. The van der Waals surface area contributed by atoms with Gasteiger partial charge in [0.2, 0.25) is 0 Å². The van der Waals surface area contributed by atoms with Crippen LogP contribution < -0.4 is 0 Å². The third-order valence-electron chi connectivity index (χ3n) is 3.52. The summed E-state index contributed by atoms with van der Waals surface area (Å²) < 4.78 is 0. The largest absolute Gasteiger partial charge is 0.294 e. The zero-order chi connectivity index (χ0) is 12.8. The summed E-state index contributed by atoms with van der Waals surface area (Å²) in [6.07, 6.45) is 3.79. The first-order chi connectivity index (χ1) is 8.12. The topological polar surface area (TPSA) is 17.1 Å². The van der Waals surface area contributed by atoms with Crippen LogP contribution in [0.15, 0.2) is 18.2 Å². The van der Waals surface area contributed by atoms with E-state index in [2.05, 4.69) is 39.8 Å². The van der Waals surface area contributed by atoms with Crippen molar-refractivity contribution >= 4 is 5.78 Å². The molecular weight excluding hydrogens is 208 g/mol. The second-order valence-electron chi connectivity index (χ2n) is 4.83. The number of ketones is 1. The van der Waals surface area contributed by atoms with Gasteiger partial charge in [0, 0.05) is 12.0 Å². The molecule has 1 heteroatoms. The molecule has 1 unspecified atom stereocenters. The highest BCUT2D eigenvalue weighted by molar-refractivity contribution is 5.96. The van der Waals surface area contributed by atoms with Crippen molar-refractivity contribution in [3.8, 4) is 0 Å². The third kappa shape index (κ3) is 3.69. The van der Waals surface area contributed by atoms with Gasteiger partial charge in [0.25, 0.3) is 0 Å². The van der Waals surface area contributed by atoms with Crippen LogP contribution in [0.3, 0.4) is 0 Å². The summed E-state index contributed by atoms with van der Waals surface area (Å²) >= 11 is 0. The van der Waals surface area contributed by atoms with E-state index in [-0.39, 0.29) is 5.78 Å². The van der Waals surface area contributed by atoms with Gasteiger partial charge < -0.3 is 0 Å². The van der Waals surface area contributed by atoms with Gasteiger partial charge in [-0.05, 0) is 36.0 Å². The molecule has 0 saturated carbocycles. The first-order valence-corrected chi connectivity index (χ1v) is 6.77. The van der Waals surface area contributed by atoms with Crippen molar-refractivity contribution in [1.82, 2.24) is 0 Å². The number of benzene rings is 1. The average Bonchev–Trinajstić information content (AvgIpc) is 2.37. The summed E-state index contributed by atoms with van der Waals surface area (Å²) in [5, 5.41) is 0. The average molecular weight is 232 g/mol. The molecular formula is C16H24O. The van der Waals surface area contributed by atoms with Gasteiger partial charge in [0.1, 0.15) is 0 Å². The Labute approximate surface area is 105 Å². The standard InChI is InChI=1S/C16H24O/c1-5-12(4)10-16(17)15-9-8-13(6-2)14(7-3)11-15/h8-9,11-12H,5-7,10H2,1-4H3. The van der Waals surface area contributed by atoms with E-state index in [1.54, 1.807) is 0 Å². The Bertz CT molecular complexity index is 379. The van der Waals surface area contributed by atoms with Crippen LogP contribution in [0, 0.1) is 5.92 Å². The molecule has 1 atom stereocenters. The minimum absolute atomic E-state index is 0.289. The van der Waals surface area contributed by atoms with Crippen molar-refractivity contribution in [2.24, 2.45) is 5.92 Å². The monoisotopic (exact) mass is 232 g/mol. The molecule has 0 N–H and O–H groups in total. The fourth-order valence-electron chi connectivity index (χ4n) is 2.05. The van der Waals surface area contributed by atoms with E-state index in [9.17, 15) is 4.79 Å². The van der Waals surface area contributed by atoms with E-state index in [4.69, 9.17) is 0 Å². The Balaban J connectivity index is 2.88. The van der Waals surface area contributed by atoms with Gasteiger partial charge in [-0.3, -0.25) is 4.79 Å². The van der Waals surface area contributed by atoms with Crippen LogP contribution in [0.1, 0.15) is 62.0 Å². The summed E-state index contributed by atoms with van der Waals surface area (Å²) in [6, 6.07) is 6.19. The quantitative estimate of drug-likeness (QED) is 0.663. The zero-order valence-corrected chi connectivity index (χ0v) is 11.5. The van der Waals surface area contributed by atoms with E-state index in [0.29, 0.717) is 12.3 Å². The van der Waals surface area contributed by atoms with Crippen molar-refractivity contribution in [2.45, 2.75) is 53.4 Å². The van der Waals surface area contributed by atoms with Gasteiger partial charge in [-0.2, -0.15) is 0 Å². The highest BCUT2D eigenvalue weighted by Crippen LogP contribution is 2.17. The minimum atomic E-state index is 0.289. The summed E-state index contributed by atoms with van der Waals surface area (Å²) in [4.78, 5) is 12.1. The van der Waals surface area contributed by atoms with Crippen molar-refractivity contribution in [1.29, 1.82) is 0 Å². The van der Waals surface area contributed by atoms with E-state index >= 15 is 0 Å². The first-order valence-electron chi connectivity index (χ1n) is 6.77. The van der Waals surface area contributed by atoms with Crippen LogP contribution in [0.4, 0.5) is 0 Å². The molecule has 0 bridgehead atoms. The first kappa shape index (κ1) is 14.0. The lowest BCUT2D eigenvalue weighted by atomic mass is 9.94. The smallest absolute Gasteiger partial charge is 0.163 e. The van der Waals surface area contributed by atoms with Crippen molar-refractivity contribution in [2.75, 3.05) is 0 Å². The van der Waals surface area contributed by atoms with Crippen LogP contribution in [-0.4, -0.2) is 5.78 Å². The molecule has 0 radical (unpaired) electrons. The summed E-state index contributed by atoms with van der Waals surface area (Å²) in [7, 11) is 0. The number of aryl methyl sites for hydroxylation is 2. The lowest BCUT2D eigenvalue weighted by molar-refractivity contribution is 0.0963. The molecule has 1 nitrogen and oxygen atoms in total. The molecule has 0 aromatic heterocycles. The SMILES string of the molecule is CCc1ccc(C(=O)CC(C)CC)cc1CC. The van der Waals surface area contributed by atoms with E-state index < -0.39 is 0 Å². The van der Waals surface area contributed by atoms with Gasteiger partial charge in [-0.25, -0.2) is 0 Å². The number of carbonyl (C=O) groups excluding carboxylic acids is 1. The normalized spacial score (nSPS) is 12.5. The number of carbonyl (C=O) groups is 1. The predicted octanol–water partition coefficient (Wildman–Crippen LogP) is 4.43. The third-order valence-corrected chi connectivity index (χ3v) is 3.52. The molecule has 0 aliphatic rings. The van der Waals surface area contributed by atoms with Gasteiger partial charge in [0.05, 0.1) is 0 Å². The number of hydrogen-bond acceptors (Lipinski definition) is 1. The molecule has 0 saturated heterocycles. The molecule has 94 valence electrons. The van der Waals surface area contributed by atoms with Crippen LogP contribution in [0.25, 0.3) is 0 Å². The lowest BCUT2D eigenvalue weighted by Gasteiger charge is -2.10. The van der Waals surface area contributed by atoms with E-state index in [1.807, 2.05) is 6.07 Å². The summed E-state index contributed by atoms with van der Waals surface area (Å²) in [5.74, 6) is 0.773. The van der Waals surface area contributed by atoms with Crippen LogP contribution >= 0.6 is 0 Å². The molecule has 0 fully saturated rings. The Kier molecular flexibility index (Phi) is 5.40. The number of hydrogen-bond donors (Lipinski definition) is 0. The highest BCUT2D eigenvalue weighted by Gasteiger charge is 2.11. The highest BCUT2D eigenvalue weighted by atomic mass is 16.1. The Morgan fingerprint density at radius 1 is 1.12 bits per heavy atom. The zero-order valence-electron chi connectivity index (χ0n) is 11.5. The fourth-order valence-corrected chi connectivity index (χ4v) is 2.05. The molecule has 1 aromatic carbocycles. The van der Waals surface area contributed by atoms with Crippen molar-refractivity contribution < 1.29 is 4.79 Å². The Morgan fingerprint density at radius 2 is 1.76 bits per heavy atom. The molecule has 0 heterocycles. The fraction of sp³-hybridized carbons (Fsp3) is 0.562. The van der Waals surface area contributed by atoms with Crippen molar-refractivity contribution in [3.63, 3.8) is 0 Å². The maximum atomic E-state index is 12.1. The summed E-state index contributed by atoms with van der Waals surface area (Å²) in [6.45, 7) is 8.58. The molecule has 0 aliphatic carbocycles. The molecule has 1 rings (SSSR count). The number of Topliss-reactive ketones (excluding diaryl/α,β-unsaturated/α-hetero) is 1. The Morgan fingerprint density at radius 3 is 2.29 bits per heavy atom. The van der Waals surface area contributed by atoms with E-state index in [0.717, 1.165) is 24.8 Å². The predicted molar refractivity (Wildman–Crippen MR) is 73.6 cm³/mol. The van der Waals surface area contributed by atoms with Crippen LogP contribution in [0.2, 0.25) is 0 Å². The van der Waals surface area contributed by atoms with Crippen molar-refractivity contribution in [3.05, 3.63) is 34.9 Å². The van der Waals surface area contributed by atoms with Gasteiger partial charge in [0.15, 0.2) is 5.78 Å². The van der Waals surface area contributed by atoms with Crippen LogP contribution in [-0.2, 0) is 12.8 Å². The molecule has 0 amide bonds. The Hall–Kier alpha value is -1.11.